The number of aryl methyl sites for hydroxylation is 1. The molecule has 3 rings (SSSR count). The van der Waals surface area contributed by atoms with Crippen molar-refractivity contribution in [1.29, 1.82) is 0 Å². The number of benzene rings is 1. The number of rotatable bonds is 4. The van der Waals surface area contributed by atoms with Gasteiger partial charge in [-0.2, -0.15) is 5.10 Å². The fraction of sp³-hybridized carbons (Fsp3) is 0.316. The van der Waals surface area contributed by atoms with Crippen LogP contribution in [0, 0.1) is 12.7 Å². The van der Waals surface area contributed by atoms with E-state index in [1.54, 1.807) is 25.3 Å². The maximum Gasteiger partial charge on any atom is 0.253 e. The van der Waals surface area contributed by atoms with Gasteiger partial charge in [0.2, 0.25) is 0 Å². The minimum absolute atomic E-state index is 0.0314. The molecule has 1 unspecified atom stereocenters. The first-order valence-corrected chi connectivity index (χ1v) is 8.76. The Balaban J connectivity index is 1.87. The summed E-state index contributed by atoms with van der Waals surface area (Å²) in [5, 5.41) is 8.09. The van der Waals surface area contributed by atoms with Crippen molar-refractivity contribution in [1.82, 2.24) is 20.1 Å². The average Bonchev–Trinajstić information content (AvgIpc) is 2.99. The van der Waals surface area contributed by atoms with Gasteiger partial charge in [-0.3, -0.25) is 4.79 Å². The molecule has 136 valence electrons. The molecule has 0 spiro atoms. The van der Waals surface area contributed by atoms with Crippen LogP contribution in [0.2, 0.25) is 5.02 Å². The van der Waals surface area contributed by atoms with Gasteiger partial charge in [-0.25, -0.2) is 14.1 Å². The van der Waals surface area contributed by atoms with Gasteiger partial charge in [-0.05, 0) is 51.5 Å². The first kappa shape index (κ1) is 18.3. The molecule has 5 nitrogen and oxygen atoms in total. The molecular formula is C19H20ClFN4O. The molecule has 0 fully saturated rings. The normalized spacial score (nSPS) is 12.6. The van der Waals surface area contributed by atoms with Crippen LogP contribution in [0.15, 0.2) is 30.5 Å². The van der Waals surface area contributed by atoms with Crippen molar-refractivity contribution in [2.45, 2.75) is 39.8 Å². The van der Waals surface area contributed by atoms with Gasteiger partial charge in [0.1, 0.15) is 5.82 Å². The van der Waals surface area contributed by atoms with E-state index in [0.717, 1.165) is 16.6 Å². The molecule has 0 aliphatic heterocycles. The molecule has 1 N–H and O–H groups in total. The van der Waals surface area contributed by atoms with Crippen LogP contribution in [0.3, 0.4) is 0 Å². The van der Waals surface area contributed by atoms with Crippen molar-refractivity contribution in [2.75, 3.05) is 0 Å². The van der Waals surface area contributed by atoms with E-state index in [9.17, 15) is 9.18 Å². The SMILES string of the molecule is Cc1nc2c(cnn2C(C)C)cc1C(=O)NC(C)c1ccc(F)c(Cl)c1. The van der Waals surface area contributed by atoms with Crippen molar-refractivity contribution >= 4 is 28.5 Å². The van der Waals surface area contributed by atoms with E-state index in [4.69, 9.17) is 11.6 Å². The van der Waals surface area contributed by atoms with Gasteiger partial charge in [0.05, 0.1) is 28.5 Å². The predicted octanol–water partition coefficient (Wildman–Crippen LogP) is 4.60. The Kier molecular flexibility index (Phi) is 4.96. The number of hydrogen-bond acceptors (Lipinski definition) is 3. The zero-order valence-corrected chi connectivity index (χ0v) is 15.8. The second-order valence-corrected chi connectivity index (χ2v) is 6.99. The fourth-order valence-corrected chi connectivity index (χ4v) is 3.00. The number of nitrogens with zero attached hydrogens (tertiary/aromatic N) is 3. The van der Waals surface area contributed by atoms with Gasteiger partial charge in [0.15, 0.2) is 5.65 Å². The number of hydrogen-bond donors (Lipinski definition) is 1. The zero-order chi connectivity index (χ0) is 19.0. The molecular weight excluding hydrogens is 355 g/mol. The smallest absolute Gasteiger partial charge is 0.253 e. The van der Waals surface area contributed by atoms with Gasteiger partial charge in [0, 0.05) is 11.4 Å². The molecule has 0 saturated carbocycles. The Bertz CT molecular complexity index is 983. The quantitative estimate of drug-likeness (QED) is 0.725. The van der Waals surface area contributed by atoms with Crippen LogP contribution in [0.1, 0.15) is 54.5 Å². The topological polar surface area (TPSA) is 59.8 Å². The first-order valence-electron chi connectivity index (χ1n) is 8.38. The molecule has 0 aliphatic rings. The summed E-state index contributed by atoms with van der Waals surface area (Å²) < 4.78 is 15.1. The Labute approximate surface area is 156 Å². The molecule has 1 amide bonds. The Morgan fingerprint density at radius 2 is 2.00 bits per heavy atom. The van der Waals surface area contributed by atoms with Gasteiger partial charge >= 0.3 is 0 Å². The zero-order valence-electron chi connectivity index (χ0n) is 15.0. The molecule has 0 saturated heterocycles. The molecule has 0 aliphatic carbocycles. The van der Waals surface area contributed by atoms with Crippen LogP contribution in [0.5, 0.6) is 0 Å². The number of carbonyl (C=O) groups is 1. The first-order chi connectivity index (χ1) is 12.3. The van der Waals surface area contributed by atoms with E-state index >= 15 is 0 Å². The van der Waals surface area contributed by atoms with Crippen LogP contribution in [0.25, 0.3) is 11.0 Å². The molecule has 26 heavy (non-hydrogen) atoms. The number of fused-ring (bicyclic) bond motifs is 1. The third-order valence-electron chi connectivity index (χ3n) is 4.28. The summed E-state index contributed by atoms with van der Waals surface area (Å²) in [5.74, 6) is -0.733. The lowest BCUT2D eigenvalue weighted by Gasteiger charge is -2.16. The average molecular weight is 375 g/mol. The van der Waals surface area contributed by atoms with Crippen molar-refractivity contribution < 1.29 is 9.18 Å². The van der Waals surface area contributed by atoms with Crippen LogP contribution >= 0.6 is 11.6 Å². The summed E-state index contributed by atoms with van der Waals surface area (Å²) in [6, 6.07) is 6.06. The van der Waals surface area contributed by atoms with E-state index in [1.807, 2.05) is 25.5 Å². The second kappa shape index (κ2) is 7.03. The summed E-state index contributed by atoms with van der Waals surface area (Å²) in [5.41, 5.74) is 2.60. The van der Waals surface area contributed by atoms with Gasteiger partial charge in [-0.15, -0.1) is 0 Å². The number of nitrogens with one attached hydrogen (secondary N) is 1. The van der Waals surface area contributed by atoms with Gasteiger partial charge in [0.25, 0.3) is 5.91 Å². The lowest BCUT2D eigenvalue weighted by atomic mass is 10.1. The van der Waals surface area contributed by atoms with Gasteiger partial charge in [-0.1, -0.05) is 17.7 Å². The number of amides is 1. The van der Waals surface area contributed by atoms with Gasteiger partial charge < -0.3 is 5.32 Å². The Morgan fingerprint density at radius 3 is 2.65 bits per heavy atom. The summed E-state index contributed by atoms with van der Waals surface area (Å²) in [4.78, 5) is 17.3. The van der Waals surface area contributed by atoms with Crippen LogP contribution < -0.4 is 5.32 Å². The van der Waals surface area contributed by atoms with E-state index in [1.165, 1.54) is 12.1 Å². The molecule has 2 aromatic heterocycles. The molecule has 2 heterocycles. The lowest BCUT2D eigenvalue weighted by molar-refractivity contribution is 0.0939. The maximum atomic E-state index is 13.3. The van der Waals surface area contributed by atoms with Crippen LogP contribution in [-0.4, -0.2) is 20.7 Å². The molecule has 0 radical (unpaired) electrons. The molecule has 0 bridgehead atoms. The van der Waals surface area contributed by atoms with E-state index < -0.39 is 5.82 Å². The highest BCUT2D eigenvalue weighted by atomic mass is 35.5. The Hall–Kier alpha value is -2.47. The van der Waals surface area contributed by atoms with Crippen molar-refractivity contribution in [2.24, 2.45) is 0 Å². The number of halogens is 2. The molecule has 3 aromatic rings. The van der Waals surface area contributed by atoms with Crippen molar-refractivity contribution in [3.05, 3.63) is 58.1 Å². The lowest BCUT2D eigenvalue weighted by Crippen LogP contribution is -2.27. The standard InChI is InChI=1S/C19H20ClFN4O/c1-10(2)25-18-14(9-22-25)7-15(12(4)23-18)19(26)24-11(3)13-5-6-17(21)16(20)8-13/h5-11H,1-4H3,(H,24,26). The summed E-state index contributed by atoms with van der Waals surface area (Å²) in [6.07, 6.45) is 1.71. The third-order valence-corrected chi connectivity index (χ3v) is 4.57. The van der Waals surface area contributed by atoms with E-state index in [-0.39, 0.29) is 23.0 Å². The maximum absolute atomic E-state index is 13.3. The summed E-state index contributed by atoms with van der Waals surface area (Å²) >= 11 is 5.82. The fourth-order valence-electron chi connectivity index (χ4n) is 2.81. The molecule has 1 aromatic carbocycles. The second-order valence-electron chi connectivity index (χ2n) is 6.59. The van der Waals surface area contributed by atoms with Crippen molar-refractivity contribution in [3.63, 3.8) is 0 Å². The largest absolute Gasteiger partial charge is 0.345 e. The number of carbonyl (C=O) groups excluding carboxylic acids is 1. The summed E-state index contributed by atoms with van der Waals surface area (Å²) in [7, 11) is 0. The van der Waals surface area contributed by atoms with E-state index in [2.05, 4.69) is 15.4 Å². The third kappa shape index (κ3) is 3.42. The number of pyridine rings is 1. The predicted molar refractivity (Wildman–Crippen MR) is 99.9 cm³/mol. The molecule has 1 atom stereocenters. The highest BCUT2D eigenvalue weighted by molar-refractivity contribution is 6.30. The Morgan fingerprint density at radius 1 is 1.27 bits per heavy atom. The minimum atomic E-state index is -0.485. The highest BCUT2D eigenvalue weighted by Crippen LogP contribution is 2.23. The summed E-state index contributed by atoms with van der Waals surface area (Å²) in [6.45, 7) is 7.67. The highest BCUT2D eigenvalue weighted by Gasteiger charge is 2.18. The number of aromatic nitrogens is 3. The van der Waals surface area contributed by atoms with Crippen LogP contribution in [0.4, 0.5) is 4.39 Å². The van der Waals surface area contributed by atoms with Crippen LogP contribution in [-0.2, 0) is 0 Å². The van der Waals surface area contributed by atoms with Crippen molar-refractivity contribution in [3.8, 4) is 0 Å². The monoisotopic (exact) mass is 374 g/mol. The molecule has 7 heteroatoms. The minimum Gasteiger partial charge on any atom is -0.345 e. The van der Waals surface area contributed by atoms with E-state index in [0.29, 0.717) is 11.3 Å².